The van der Waals surface area contributed by atoms with Gasteiger partial charge in [-0.2, -0.15) is 0 Å². The van der Waals surface area contributed by atoms with Crippen LogP contribution in [-0.4, -0.2) is 96.7 Å². The Bertz CT molecular complexity index is 1880. The summed E-state index contributed by atoms with van der Waals surface area (Å²) in [6.45, 7) is 7.13. The topological polar surface area (TPSA) is 237 Å². The van der Waals surface area contributed by atoms with Crippen molar-refractivity contribution in [3.63, 3.8) is 0 Å². The summed E-state index contributed by atoms with van der Waals surface area (Å²) in [6.07, 6.45) is 57.7. The lowest BCUT2D eigenvalue weighted by molar-refractivity contribution is -0.161. The monoisotopic (exact) mass is 1360 g/mol. The molecule has 0 aliphatic heterocycles. The van der Waals surface area contributed by atoms with Crippen LogP contribution in [0.25, 0.3) is 0 Å². The lowest BCUT2D eigenvalue weighted by Crippen LogP contribution is -2.30. The number of esters is 4. The van der Waals surface area contributed by atoms with E-state index in [1.54, 1.807) is 0 Å². The minimum Gasteiger partial charge on any atom is -0.462 e. The molecular weight excluding hydrogens is 1220 g/mol. The summed E-state index contributed by atoms with van der Waals surface area (Å²) in [5, 5.41) is 10.6. The Morgan fingerprint density at radius 3 is 0.882 bits per heavy atom. The minimum atomic E-state index is -4.96. The van der Waals surface area contributed by atoms with Gasteiger partial charge in [0, 0.05) is 25.7 Å². The number of unbranched alkanes of at least 4 members (excludes halogenated alkanes) is 41. The van der Waals surface area contributed by atoms with Gasteiger partial charge in [-0.25, -0.2) is 9.13 Å². The molecule has 17 nitrogen and oxygen atoms in total. The minimum absolute atomic E-state index is 0.101. The van der Waals surface area contributed by atoms with Gasteiger partial charge in [-0.05, 0) is 57.3 Å². The van der Waals surface area contributed by atoms with Crippen molar-refractivity contribution < 1.29 is 80.2 Å². The van der Waals surface area contributed by atoms with E-state index in [0.29, 0.717) is 31.6 Å². The van der Waals surface area contributed by atoms with Crippen molar-refractivity contribution in [2.24, 2.45) is 5.92 Å². The molecule has 0 saturated carbocycles. The molecule has 0 spiro atoms. The van der Waals surface area contributed by atoms with Crippen LogP contribution in [0.2, 0.25) is 0 Å². The highest BCUT2D eigenvalue weighted by Crippen LogP contribution is 2.45. The molecule has 0 bridgehead atoms. The lowest BCUT2D eigenvalue weighted by Gasteiger charge is -2.21. The highest BCUT2D eigenvalue weighted by molar-refractivity contribution is 7.47. The summed E-state index contributed by atoms with van der Waals surface area (Å²) in [5.74, 6) is -1.47. The quantitative estimate of drug-likeness (QED) is 0.0169. The SMILES string of the molecule is CCCCCC/C=C\C=C/CCCCCCCC(=O)OC[C@H](COP(=O)(O)OC[C@@H](O)COP(=O)(O)OC[C@@H](COC(=O)CCCCCCCCC(C)C)OC(=O)CCCCCCCCCCCCCCC)OC(=O)CCCCCCCCCCCCCCCCCC. The van der Waals surface area contributed by atoms with Gasteiger partial charge >= 0.3 is 39.5 Å². The summed E-state index contributed by atoms with van der Waals surface area (Å²) in [6, 6.07) is 0. The van der Waals surface area contributed by atoms with E-state index >= 15 is 0 Å². The van der Waals surface area contributed by atoms with Gasteiger partial charge in [-0.1, -0.05) is 309 Å². The molecule has 0 radical (unpaired) electrons. The van der Waals surface area contributed by atoms with Crippen molar-refractivity contribution in [2.75, 3.05) is 39.6 Å². The average Bonchev–Trinajstić information content (AvgIpc) is 2.58. The third-order valence-corrected chi connectivity index (χ3v) is 18.6. The van der Waals surface area contributed by atoms with Gasteiger partial charge in [0.1, 0.15) is 19.3 Å². The molecule has 3 N–H and O–H groups in total. The summed E-state index contributed by atoms with van der Waals surface area (Å²) < 4.78 is 68.4. The number of aliphatic hydroxyl groups excluding tert-OH is 1. The van der Waals surface area contributed by atoms with E-state index in [1.807, 2.05) is 0 Å². The number of aliphatic hydroxyl groups is 1. The molecule has 0 rings (SSSR count). The fourth-order valence-electron chi connectivity index (χ4n) is 10.8. The first-order valence-electron chi connectivity index (χ1n) is 38.0. The van der Waals surface area contributed by atoms with E-state index in [1.165, 1.54) is 161 Å². The van der Waals surface area contributed by atoms with Crippen molar-refractivity contribution in [3.8, 4) is 0 Å². The molecule has 0 aromatic carbocycles. The van der Waals surface area contributed by atoms with E-state index in [9.17, 15) is 43.2 Å². The first-order chi connectivity index (χ1) is 45.0. The first-order valence-corrected chi connectivity index (χ1v) is 40.9. The van der Waals surface area contributed by atoms with Gasteiger partial charge in [-0.3, -0.25) is 37.3 Å². The van der Waals surface area contributed by atoms with E-state index < -0.39 is 97.5 Å². The van der Waals surface area contributed by atoms with E-state index in [-0.39, 0.29) is 25.7 Å². The molecule has 93 heavy (non-hydrogen) atoms. The molecule has 0 aromatic rings. The van der Waals surface area contributed by atoms with Crippen molar-refractivity contribution in [3.05, 3.63) is 24.3 Å². The number of rotatable bonds is 72. The number of carbonyl (C=O) groups excluding carboxylic acids is 4. The number of allylic oxidation sites excluding steroid dienone is 4. The second-order valence-corrected chi connectivity index (χ2v) is 29.4. The molecule has 0 heterocycles. The van der Waals surface area contributed by atoms with Crippen molar-refractivity contribution in [1.29, 1.82) is 0 Å². The van der Waals surface area contributed by atoms with Gasteiger partial charge in [0.05, 0.1) is 26.4 Å². The Morgan fingerprint density at radius 2 is 0.581 bits per heavy atom. The van der Waals surface area contributed by atoms with Crippen LogP contribution < -0.4 is 0 Å². The van der Waals surface area contributed by atoms with Crippen molar-refractivity contribution >= 4 is 39.5 Å². The Morgan fingerprint density at radius 1 is 0.333 bits per heavy atom. The molecule has 0 aliphatic carbocycles. The maximum absolute atomic E-state index is 13.1. The number of hydrogen-bond acceptors (Lipinski definition) is 15. The molecular formula is C74H140O17P2. The van der Waals surface area contributed by atoms with Crippen LogP contribution in [0.4, 0.5) is 0 Å². The van der Waals surface area contributed by atoms with Gasteiger partial charge < -0.3 is 33.8 Å². The van der Waals surface area contributed by atoms with Crippen LogP contribution in [0, 0.1) is 5.92 Å². The predicted octanol–water partition coefficient (Wildman–Crippen LogP) is 21.2. The predicted molar refractivity (Wildman–Crippen MR) is 377 cm³/mol. The molecule has 0 amide bonds. The van der Waals surface area contributed by atoms with E-state index in [4.69, 9.17) is 37.0 Å². The van der Waals surface area contributed by atoms with Crippen molar-refractivity contribution in [2.45, 2.75) is 380 Å². The van der Waals surface area contributed by atoms with E-state index in [2.05, 4.69) is 58.9 Å². The number of phosphoric ester groups is 2. The fraction of sp³-hybridized carbons (Fsp3) is 0.892. The largest absolute Gasteiger partial charge is 0.472 e. The summed E-state index contributed by atoms with van der Waals surface area (Å²) in [4.78, 5) is 72.7. The molecule has 0 saturated heterocycles. The number of phosphoric acid groups is 2. The Labute approximate surface area is 567 Å². The maximum Gasteiger partial charge on any atom is 0.472 e. The van der Waals surface area contributed by atoms with Crippen molar-refractivity contribution in [1.82, 2.24) is 0 Å². The maximum atomic E-state index is 13.1. The number of carbonyl (C=O) groups is 4. The van der Waals surface area contributed by atoms with Crippen LogP contribution in [-0.2, 0) is 65.4 Å². The van der Waals surface area contributed by atoms with Crippen LogP contribution in [0.5, 0.6) is 0 Å². The van der Waals surface area contributed by atoms with Crippen LogP contribution in [0.3, 0.4) is 0 Å². The first kappa shape index (κ1) is 90.5. The van der Waals surface area contributed by atoms with Gasteiger partial charge in [0.25, 0.3) is 0 Å². The highest BCUT2D eigenvalue weighted by Gasteiger charge is 2.30. The number of ether oxygens (including phenoxy) is 4. The number of hydrogen-bond donors (Lipinski definition) is 3. The highest BCUT2D eigenvalue weighted by atomic mass is 31.2. The zero-order chi connectivity index (χ0) is 68.4. The molecule has 0 aromatic heterocycles. The Balaban J connectivity index is 5.27. The van der Waals surface area contributed by atoms with Gasteiger partial charge in [0.15, 0.2) is 12.2 Å². The fourth-order valence-corrected chi connectivity index (χ4v) is 12.4. The summed E-state index contributed by atoms with van der Waals surface area (Å²) >= 11 is 0. The zero-order valence-electron chi connectivity index (χ0n) is 59.9. The smallest absolute Gasteiger partial charge is 0.462 e. The molecule has 548 valence electrons. The standard InChI is InChI=1S/C74H140O17P2/c1-6-9-12-15-18-21-24-27-29-31-34-37-40-43-50-55-60-73(78)90-69(63-84-71(76)57-52-47-41-38-35-33-30-28-25-22-19-16-13-10-7-2)65-88-92(80,81)86-61-68(75)62-87-93(82,83)89-66-70(64-85-72(77)58-53-48-45-44-46-51-56-67(4)5)91-74(79)59-54-49-42-39-36-32-26-23-20-17-14-11-8-3/h22,25,28,30,67-70,75H,6-21,23-24,26-27,29,31-66H2,1-5H3,(H,80,81)(H,82,83)/b25-22-,30-28-/t68-,69-,70-/m1/s1. The second kappa shape index (κ2) is 66.8. The summed E-state index contributed by atoms with van der Waals surface area (Å²) in [5.41, 5.74) is 0. The van der Waals surface area contributed by atoms with Gasteiger partial charge in [-0.15, -0.1) is 0 Å². The third kappa shape index (κ3) is 67.9. The van der Waals surface area contributed by atoms with Gasteiger partial charge in [0.2, 0.25) is 0 Å². The van der Waals surface area contributed by atoms with Crippen LogP contribution in [0.1, 0.15) is 362 Å². The second-order valence-electron chi connectivity index (χ2n) is 26.5. The van der Waals surface area contributed by atoms with E-state index in [0.717, 1.165) is 116 Å². The lowest BCUT2D eigenvalue weighted by atomic mass is 10.0. The Kier molecular flexibility index (Phi) is 65.0. The van der Waals surface area contributed by atoms with Crippen LogP contribution >= 0.6 is 15.6 Å². The Hall–Kier alpha value is -2.46. The third-order valence-electron chi connectivity index (χ3n) is 16.7. The molecule has 5 atom stereocenters. The summed E-state index contributed by atoms with van der Waals surface area (Å²) in [7, 11) is -9.92. The average molecular weight is 1360 g/mol. The van der Waals surface area contributed by atoms with Crippen LogP contribution in [0.15, 0.2) is 24.3 Å². The molecule has 19 heteroatoms. The zero-order valence-corrected chi connectivity index (χ0v) is 61.7. The molecule has 0 fully saturated rings. The molecule has 0 aliphatic rings. The normalized spacial score (nSPS) is 14.2. The molecule has 2 unspecified atom stereocenters.